The van der Waals surface area contributed by atoms with Crippen LogP contribution < -0.4 is 9.80 Å². The quantitative estimate of drug-likeness (QED) is 0.790. The third-order valence-electron chi connectivity index (χ3n) is 4.07. The van der Waals surface area contributed by atoms with Gasteiger partial charge in [0.2, 0.25) is 0 Å². The van der Waals surface area contributed by atoms with E-state index in [1.807, 2.05) is 36.4 Å². The molecule has 4 rings (SSSR count). The number of imide groups is 1. The molecule has 2 aromatic rings. The monoisotopic (exact) mass is 338 g/mol. The Morgan fingerprint density at radius 3 is 2.04 bits per heavy atom. The van der Waals surface area contributed by atoms with Crippen LogP contribution in [0.1, 0.15) is 0 Å². The molecule has 1 fully saturated rings. The van der Waals surface area contributed by atoms with E-state index in [0.29, 0.717) is 11.4 Å². The third kappa shape index (κ3) is 1.88. The van der Waals surface area contributed by atoms with Gasteiger partial charge in [0.15, 0.2) is 0 Å². The molecule has 1 spiro atoms. The van der Waals surface area contributed by atoms with Crippen molar-refractivity contribution in [1.29, 1.82) is 0 Å². The van der Waals surface area contributed by atoms with Gasteiger partial charge in [-0.05, 0) is 36.0 Å². The molecule has 0 saturated carbocycles. The van der Waals surface area contributed by atoms with Gasteiger partial charge in [-0.2, -0.15) is 5.10 Å². The van der Waals surface area contributed by atoms with Gasteiger partial charge in [-0.3, -0.25) is 14.7 Å². The Hall–Kier alpha value is -2.80. The largest absolute Gasteiger partial charge is 0.339 e. The number of para-hydroxylation sites is 2. The number of thioether (sulfide) groups is 1. The molecule has 1 saturated heterocycles. The molecule has 6 nitrogen and oxygen atoms in total. The van der Waals surface area contributed by atoms with Gasteiger partial charge in [0.1, 0.15) is 0 Å². The van der Waals surface area contributed by atoms with E-state index in [0.717, 1.165) is 0 Å². The predicted molar refractivity (Wildman–Crippen MR) is 94.8 cm³/mol. The van der Waals surface area contributed by atoms with Crippen molar-refractivity contribution in [3.05, 3.63) is 60.7 Å². The normalized spacial score (nSPS) is 23.0. The zero-order chi connectivity index (χ0) is 16.7. The van der Waals surface area contributed by atoms with Crippen molar-refractivity contribution in [1.82, 2.24) is 5.01 Å². The molecular formula is C17H14N4O2S. The Kier molecular flexibility index (Phi) is 3.31. The Bertz CT molecular complexity index is 827. The van der Waals surface area contributed by atoms with Gasteiger partial charge in [-0.25, -0.2) is 9.69 Å². The number of benzene rings is 2. The van der Waals surface area contributed by atoms with Crippen molar-refractivity contribution in [3.8, 4) is 0 Å². The molecule has 3 amide bonds. The lowest BCUT2D eigenvalue weighted by Crippen LogP contribution is -2.55. The van der Waals surface area contributed by atoms with Crippen molar-refractivity contribution in [2.75, 3.05) is 16.8 Å². The highest BCUT2D eigenvalue weighted by Crippen LogP contribution is 2.46. The number of carbonyl (C=O) groups is 2. The van der Waals surface area contributed by atoms with E-state index in [1.54, 1.807) is 36.9 Å². The molecule has 0 radical (unpaired) electrons. The molecule has 0 unspecified atom stereocenters. The van der Waals surface area contributed by atoms with Crippen LogP contribution in [0.3, 0.4) is 0 Å². The molecule has 7 heteroatoms. The Morgan fingerprint density at radius 1 is 0.917 bits per heavy atom. The Morgan fingerprint density at radius 2 is 1.50 bits per heavy atom. The second-order valence-corrected chi connectivity index (χ2v) is 6.42. The lowest BCUT2D eigenvalue weighted by molar-refractivity contribution is -0.122. The number of rotatable bonds is 2. The third-order valence-corrected chi connectivity index (χ3v) is 5.22. The van der Waals surface area contributed by atoms with E-state index >= 15 is 0 Å². The van der Waals surface area contributed by atoms with E-state index in [2.05, 4.69) is 5.10 Å². The number of carbonyl (C=O) groups excluding carboxylic acids is 2. The topological polar surface area (TPSA) is 56.2 Å². The van der Waals surface area contributed by atoms with Crippen molar-refractivity contribution in [2.24, 2.45) is 5.10 Å². The van der Waals surface area contributed by atoms with E-state index in [1.165, 1.54) is 26.6 Å². The van der Waals surface area contributed by atoms with Gasteiger partial charge in [0, 0.05) is 12.7 Å². The highest BCUT2D eigenvalue weighted by molar-refractivity contribution is 8.14. The zero-order valence-corrected chi connectivity index (χ0v) is 13.7. The molecule has 0 bridgehead atoms. The van der Waals surface area contributed by atoms with E-state index in [4.69, 9.17) is 0 Å². The van der Waals surface area contributed by atoms with Gasteiger partial charge in [-0.15, -0.1) is 0 Å². The average Bonchev–Trinajstić information content (AvgIpc) is 3.09. The van der Waals surface area contributed by atoms with E-state index in [-0.39, 0.29) is 11.9 Å². The maximum atomic E-state index is 13.3. The minimum absolute atomic E-state index is 0.326. The molecular weight excluding hydrogens is 324 g/mol. The van der Waals surface area contributed by atoms with Crippen LogP contribution >= 0.6 is 11.8 Å². The lowest BCUT2D eigenvalue weighted by Gasteiger charge is -2.34. The maximum Gasteiger partial charge on any atom is 0.339 e. The van der Waals surface area contributed by atoms with Crippen LogP contribution in [0.2, 0.25) is 0 Å². The first-order valence-electron chi connectivity index (χ1n) is 7.39. The number of anilines is 2. The Labute approximate surface area is 143 Å². The first-order chi connectivity index (χ1) is 11.7. The molecule has 2 aliphatic rings. The summed E-state index contributed by atoms with van der Waals surface area (Å²) in [6, 6.07) is 17.7. The van der Waals surface area contributed by atoms with Gasteiger partial charge >= 0.3 is 6.03 Å². The summed E-state index contributed by atoms with van der Waals surface area (Å²) in [5.74, 6) is -0.326. The summed E-state index contributed by atoms with van der Waals surface area (Å²) >= 11 is 1.22. The first-order valence-corrected chi connectivity index (χ1v) is 8.27. The summed E-state index contributed by atoms with van der Waals surface area (Å²) in [7, 11) is 1.70. The molecule has 24 heavy (non-hydrogen) atoms. The molecule has 2 aliphatic heterocycles. The molecule has 0 N–H and O–H groups in total. The second kappa shape index (κ2) is 5.38. The zero-order valence-electron chi connectivity index (χ0n) is 12.9. The lowest BCUT2D eigenvalue weighted by atomic mass is 10.2. The standard InChI is InChI=1S/C17H14N4O2S/c1-19-17(24-12-18-19)15(22)20(13-8-4-2-5-9-13)16(23)21(17)14-10-6-3-7-11-14/h2-12H,1H3/t17-/m0/s1. The SMILES string of the molecule is CN1N=CS[C@@]12C(=O)N(c1ccccc1)C(=O)N2c1ccccc1. The number of hydrazone groups is 1. The van der Waals surface area contributed by atoms with Crippen molar-refractivity contribution in [2.45, 2.75) is 4.99 Å². The smallest absolute Gasteiger partial charge is 0.268 e. The van der Waals surface area contributed by atoms with Crippen LogP contribution in [-0.2, 0) is 4.79 Å². The second-order valence-electron chi connectivity index (χ2n) is 5.40. The number of likely N-dealkylation sites (N-methyl/N-ethyl adjacent to an activating group) is 1. The van der Waals surface area contributed by atoms with Gasteiger partial charge in [0.25, 0.3) is 10.9 Å². The fourth-order valence-corrected chi connectivity index (χ4v) is 3.95. The van der Waals surface area contributed by atoms with E-state index in [9.17, 15) is 9.59 Å². The van der Waals surface area contributed by atoms with Crippen molar-refractivity contribution >= 4 is 40.6 Å². The molecule has 0 aromatic heterocycles. The summed E-state index contributed by atoms with van der Waals surface area (Å²) in [6.45, 7) is 0. The van der Waals surface area contributed by atoms with Gasteiger partial charge in [-0.1, -0.05) is 36.4 Å². The van der Waals surface area contributed by atoms with Crippen molar-refractivity contribution in [3.63, 3.8) is 0 Å². The van der Waals surface area contributed by atoms with Crippen LogP contribution in [0.4, 0.5) is 16.2 Å². The molecule has 2 heterocycles. The fourth-order valence-electron chi connectivity index (χ4n) is 2.93. The fraction of sp³-hybridized carbons (Fsp3) is 0.118. The summed E-state index contributed by atoms with van der Waals surface area (Å²) in [4.78, 5) is 27.9. The molecule has 120 valence electrons. The minimum atomic E-state index is -1.23. The summed E-state index contributed by atoms with van der Waals surface area (Å²) in [6.07, 6.45) is 0. The van der Waals surface area contributed by atoms with Gasteiger partial charge < -0.3 is 0 Å². The van der Waals surface area contributed by atoms with Crippen LogP contribution in [0, 0.1) is 0 Å². The van der Waals surface area contributed by atoms with E-state index < -0.39 is 4.99 Å². The van der Waals surface area contributed by atoms with Crippen molar-refractivity contribution < 1.29 is 9.59 Å². The number of nitrogens with zero attached hydrogens (tertiary/aromatic N) is 4. The van der Waals surface area contributed by atoms with Crippen LogP contribution in [0.25, 0.3) is 0 Å². The van der Waals surface area contributed by atoms with Crippen LogP contribution in [0.15, 0.2) is 65.8 Å². The van der Waals surface area contributed by atoms with Gasteiger partial charge in [0.05, 0.1) is 11.2 Å². The summed E-state index contributed by atoms with van der Waals surface area (Å²) in [5, 5.41) is 5.73. The predicted octanol–water partition coefficient (Wildman–Crippen LogP) is 2.94. The number of hydrogen-bond acceptors (Lipinski definition) is 5. The number of amides is 3. The molecule has 1 atom stereocenters. The summed E-state index contributed by atoms with van der Waals surface area (Å²) in [5.41, 5.74) is 2.79. The molecule has 2 aromatic carbocycles. The highest BCUT2D eigenvalue weighted by Gasteiger charge is 2.63. The van der Waals surface area contributed by atoms with Crippen LogP contribution in [0.5, 0.6) is 0 Å². The first kappa shape index (κ1) is 14.8. The summed E-state index contributed by atoms with van der Waals surface area (Å²) < 4.78 is 0. The minimum Gasteiger partial charge on any atom is -0.268 e. The molecule has 0 aliphatic carbocycles. The average molecular weight is 338 g/mol. The highest BCUT2D eigenvalue weighted by atomic mass is 32.2. The maximum absolute atomic E-state index is 13.3. The Balaban J connectivity index is 1.88. The number of hydrogen-bond donors (Lipinski definition) is 0. The number of urea groups is 1. The van der Waals surface area contributed by atoms with Crippen LogP contribution in [-0.4, -0.2) is 34.5 Å².